The summed E-state index contributed by atoms with van der Waals surface area (Å²) in [6.07, 6.45) is -1.23. The maximum atomic E-state index is 10.5. The van der Waals surface area contributed by atoms with Crippen molar-refractivity contribution in [3.63, 3.8) is 0 Å². The molecule has 1 aromatic carbocycles. The Morgan fingerprint density at radius 3 is 2.72 bits per heavy atom. The minimum atomic E-state index is -1.24. The van der Waals surface area contributed by atoms with Gasteiger partial charge < -0.3 is 33.8 Å². The number of fused-ring (bicyclic) bond motifs is 2. The van der Waals surface area contributed by atoms with Crippen LogP contribution in [-0.2, 0) is 4.74 Å². The summed E-state index contributed by atoms with van der Waals surface area (Å²) in [6, 6.07) is 9.53. The lowest BCUT2D eigenvalue weighted by molar-refractivity contribution is -0.0508. The molecule has 0 unspecified atom stereocenters. The second-order valence-electron chi connectivity index (χ2n) is 6.91. The third-order valence-electron chi connectivity index (χ3n) is 5.25. The minimum absolute atomic E-state index is 0.343. The van der Waals surface area contributed by atoms with E-state index in [1.54, 1.807) is 10.8 Å². The number of furan rings is 1. The van der Waals surface area contributed by atoms with Crippen LogP contribution in [0.25, 0.3) is 33.3 Å². The largest absolute Gasteiger partial charge is 0.480 e. The number of aliphatic hydroxyl groups is 3. The summed E-state index contributed by atoms with van der Waals surface area (Å²) in [5.74, 6) is 0.922. The molecule has 4 heterocycles. The molecule has 1 saturated heterocycles. The zero-order valence-corrected chi connectivity index (χ0v) is 15.5. The quantitative estimate of drug-likeness (QED) is 0.473. The van der Waals surface area contributed by atoms with Gasteiger partial charge in [-0.25, -0.2) is 9.97 Å². The summed E-state index contributed by atoms with van der Waals surface area (Å²) < 4.78 is 18.7. The Morgan fingerprint density at radius 2 is 2.00 bits per heavy atom. The molecule has 3 N–H and O–H groups in total. The molecule has 1 aliphatic heterocycles. The zero-order chi connectivity index (χ0) is 20.1. The molecule has 0 aliphatic carbocycles. The van der Waals surface area contributed by atoms with Gasteiger partial charge in [-0.3, -0.25) is 0 Å². The van der Waals surface area contributed by atoms with E-state index in [0.29, 0.717) is 28.2 Å². The first-order valence-corrected chi connectivity index (χ1v) is 9.13. The first-order chi connectivity index (χ1) is 14.1. The molecule has 4 aromatic rings. The van der Waals surface area contributed by atoms with E-state index < -0.39 is 31.1 Å². The Bertz CT molecular complexity index is 1150. The first-order valence-electron chi connectivity index (χ1n) is 9.13. The average Bonchev–Trinajstić information content (AvgIpc) is 3.42. The van der Waals surface area contributed by atoms with Gasteiger partial charge in [0.1, 0.15) is 41.6 Å². The third-order valence-corrected chi connectivity index (χ3v) is 5.25. The summed E-state index contributed by atoms with van der Waals surface area (Å²) >= 11 is 0. The second-order valence-corrected chi connectivity index (χ2v) is 6.91. The van der Waals surface area contributed by atoms with Crippen LogP contribution < -0.4 is 4.74 Å². The fraction of sp³-hybridized carbons (Fsp3) is 0.300. The van der Waals surface area contributed by atoms with Crippen molar-refractivity contribution < 1.29 is 29.2 Å². The van der Waals surface area contributed by atoms with Crippen LogP contribution in [0, 0.1) is 0 Å². The van der Waals surface area contributed by atoms with Crippen LogP contribution in [0.2, 0.25) is 0 Å². The SMILES string of the molecule is COc1ncnc2c1c(-c1cc3ccccc3o1)cn2[C@@H]1O[C@H](CO)[C@@H](O)[C@H]1O. The number of nitrogens with zero attached hydrogens (tertiary/aromatic N) is 3. The molecule has 1 aliphatic rings. The Morgan fingerprint density at radius 1 is 1.17 bits per heavy atom. The zero-order valence-electron chi connectivity index (χ0n) is 15.5. The highest BCUT2D eigenvalue weighted by molar-refractivity contribution is 5.98. The van der Waals surface area contributed by atoms with Gasteiger partial charge in [0.25, 0.3) is 0 Å². The number of methoxy groups -OCH3 is 1. The number of hydrogen-bond donors (Lipinski definition) is 3. The molecular formula is C20H19N3O6. The van der Waals surface area contributed by atoms with Gasteiger partial charge in [0, 0.05) is 11.6 Å². The molecule has 4 atom stereocenters. The summed E-state index contributed by atoms with van der Waals surface area (Å²) in [7, 11) is 1.51. The minimum Gasteiger partial charge on any atom is -0.480 e. The van der Waals surface area contributed by atoms with Crippen molar-refractivity contribution in [2.75, 3.05) is 13.7 Å². The van der Waals surface area contributed by atoms with Gasteiger partial charge in [-0.05, 0) is 12.1 Å². The molecule has 0 spiro atoms. The molecule has 5 rings (SSSR count). The number of aliphatic hydroxyl groups excluding tert-OH is 3. The third kappa shape index (κ3) is 2.70. The normalized spacial score (nSPS) is 24.6. The van der Waals surface area contributed by atoms with E-state index >= 15 is 0 Å². The van der Waals surface area contributed by atoms with Crippen LogP contribution in [0.5, 0.6) is 5.88 Å². The molecule has 0 saturated carbocycles. The summed E-state index contributed by atoms with van der Waals surface area (Å²) in [6.45, 7) is -0.414. The van der Waals surface area contributed by atoms with Gasteiger partial charge in [0.05, 0.1) is 24.7 Å². The van der Waals surface area contributed by atoms with Crippen LogP contribution in [-0.4, -0.2) is 61.9 Å². The van der Waals surface area contributed by atoms with E-state index in [2.05, 4.69) is 9.97 Å². The second kappa shape index (κ2) is 6.82. The highest BCUT2D eigenvalue weighted by Gasteiger charge is 2.44. The van der Waals surface area contributed by atoms with E-state index in [4.69, 9.17) is 13.9 Å². The van der Waals surface area contributed by atoms with Gasteiger partial charge in [-0.1, -0.05) is 18.2 Å². The van der Waals surface area contributed by atoms with Gasteiger partial charge in [0.15, 0.2) is 6.23 Å². The topological polar surface area (TPSA) is 123 Å². The highest BCUT2D eigenvalue weighted by atomic mass is 16.6. The van der Waals surface area contributed by atoms with Crippen LogP contribution in [0.15, 0.2) is 47.3 Å². The highest BCUT2D eigenvalue weighted by Crippen LogP contribution is 2.40. The fourth-order valence-electron chi connectivity index (χ4n) is 3.82. The van der Waals surface area contributed by atoms with E-state index in [-0.39, 0.29) is 0 Å². The van der Waals surface area contributed by atoms with Crippen molar-refractivity contribution in [2.45, 2.75) is 24.5 Å². The fourth-order valence-corrected chi connectivity index (χ4v) is 3.82. The smallest absolute Gasteiger partial charge is 0.226 e. The number of rotatable bonds is 4. The number of aromatic nitrogens is 3. The van der Waals surface area contributed by atoms with Gasteiger partial charge >= 0.3 is 0 Å². The Labute approximate surface area is 164 Å². The Balaban J connectivity index is 1.73. The van der Waals surface area contributed by atoms with Gasteiger partial charge in [0.2, 0.25) is 5.88 Å². The lowest BCUT2D eigenvalue weighted by Crippen LogP contribution is -2.33. The first kappa shape index (κ1) is 18.1. The molecule has 9 nitrogen and oxygen atoms in total. The Hall–Kier alpha value is -2.98. The number of benzene rings is 1. The predicted molar refractivity (Wildman–Crippen MR) is 102 cm³/mol. The van der Waals surface area contributed by atoms with Crippen molar-refractivity contribution in [1.29, 1.82) is 0 Å². The molecule has 3 aromatic heterocycles. The van der Waals surface area contributed by atoms with Crippen LogP contribution >= 0.6 is 0 Å². The average molecular weight is 397 g/mol. The number of para-hydroxylation sites is 1. The lowest BCUT2D eigenvalue weighted by atomic mass is 10.1. The molecule has 0 radical (unpaired) electrons. The summed E-state index contributed by atoms with van der Waals surface area (Å²) in [5, 5.41) is 31.6. The Kier molecular flexibility index (Phi) is 4.25. The van der Waals surface area contributed by atoms with Crippen LogP contribution in [0.4, 0.5) is 0 Å². The molecule has 29 heavy (non-hydrogen) atoms. The monoisotopic (exact) mass is 397 g/mol. The van der Waals surface area contributed by atoms with Crippen molar-refractivity contribution in [3.8, 4) is 17.2 Å². The number of hydrogen-bond acceptors (Lipinski definition) is 8. The van der Waals surface area contributed by atoms with E-state index in [9.17, 15) is 15.3 Å². The van der Waals surface area contributed by atoms with Crippen molar-refractivity contribution in [3.05, 3.63) is 42.9 Å². The van der Waals surface area contributed by atoms with E-state index in [0.717, 1.165) is 11.0 Å². The van der Waals surface area contributed by atoms with Gasteiger partial charge in [-0.2, -0.15) is 0 Å². The van der Waals surface area contributed by atoms with Crippen molar-refractivity contribution in [2.24, 2.45) is 0 Å². The lowest BCUT2D eigenvalue weighted by Gasteiger charge is -2.17. The molecule has 0 amide bonds. The van der Waals surface area contributed by atoms with Crippen LogP contribution in [0.3, 0.4) is 0 Å². The summed E-state index contributed by atoms with van der Waals surface area (Å²) in [4.78, 5) is 8.53. The maximum absolute atomic E-state index is 10.5. The predicted octanol–water partition coefficient (Wildman–Crippen LogP) is 1.46. The van der Waals surface area contributed by atoms with E-state index in [1.807, 2.05) is 30.3 Å². The van der Waals surface area contributed by atoms with Crippen molar-refractivity contribution >= 4 is 22.0 Å². The molecule has 9 heteroatoms. The van der Waals surface area contributed by atoms with E-state index in [1.165, 1.54) is 13.4 Å². The van der Waals surface area contributed by atoms with Crippen molar-refractivity contribution in [1.82, 2.24) is 14.5 Å². The standard InChI is InChI=1S/C20H19N3O6/c1-27-19-15-11(13-6-10-4-2-3-5-12(10)28-13)7-23(18(15)21-9-22-19)20-17(26)16(25)14(8-24)29-20/h2-7,9,14,16-17,20,24-26H,8H2,1H3/t14-,16-,17-,20-/m1/s1. The summed E-state index contributed by atoms with van der Waals surface area (Å²) in [5.41, 5.74) is 1.83. The maximum Gasteiger partial charge on any atom is 0.226 e. The number of ether oxygens (including phenoxy) is 2. The molecule has 1 fully saturated rings. The van der Waals surface area contributed by atoms with Crippen LogP contribution in [0.1, 0.15) is 6.23 Å². The molecule has 150 valence electrons. The molecular weight excluding hydrogens is 378 g/mol. The van der Waals surface area contributed by atoms with Gasteiger partial charge in [-0.15, -0.1) is 0 Å². The molecule has 0 bridgehead atoms.